The molecule has 0 heterocycles. The molecule has 0 nitrogen and oxygen atoms in total. The lowest BCUT2D eigenvalue weighted by Gasteiger charge is -2.03. The normalized spacial score (nSPS) is 9.50. The van der Waals surface area contributed by atoms with Crippen molar-refractivity contribution in [3.63, 3.8) is 0 Å². The Bertz CT molecular complexity index is 235. The molecule has 0 aliphatic heterocycles. The van der Waals surface area contributed by atoms with Gasteiger partial charge in [-0.15, -0.1) is 0 Å². The first kappa shape index (κ1) is 16.2. The van der Waals surface area contributed by atoms with Crippen molar-refractivity contribution in [2.45, 2.75) is 39.5 Å². The number of alkyl halides is 2. The lowest BCUT2D eigenvalue weighted by atomic mass is 10.0. The Hall–Kier alpha value is 0.180. The Morgan fingerprint density at radius 2 is 1.31 bits per heavy atom. The van der Waals surface area contributed by atoms with E-state index < -0.39 is 0 Å². The van der Waals surface area contributed by atoms with Crippen LogP contribution in [0.15, 0.2) is 24.3 Å². The van der Waals surface area contributed by atoms with Crippen molar-refractivity contribution in [2.75, 3.05) is 10.7 Å². The highest BCUT2D eigenvalue weighted by Gasteiger charge is 1.96. The fraction of sp³-hybridized carbons (Fsp3) is 0.571. The van der Waals surface area contributed by atoms with E-state index in [0.717, 1.165) is 10.7 Å². The Balaban J connectivity index is 0.00000106. The summed E-state index contributed by atoms with van der Waals surface area (Å²) in [5, 5.41) is 2.19. The zero-order chi connectivity index (χ0) is 12.2. The van der Waals surface area contributed by atoms with Gasteiger partial charge in [-0.1, -0.05) is 70.0 Å². The van der Waals surface area contributed by atoms with Gasteiger partial charge in [-0.05, 0) is 36.8 Å². The first-order chi connectivity index (χ1) is 7.86. The molecular formula is C14H22Br2. The van der Waals surface area contributed by atoms with Crippen LogP contribution in [0.2, 0.25) is 0 Å². The lowest BCUT2D eigenvalue weighted by Crippen LogP contribution is -1.90. The molecule has 1 rings (SSSR count). The molecule has 1 aromatic carbocycles. The van der Waals surface area contributed by atoms with E-state index in [-0.39, 0.29) is 0 Å². The minimum absolute atomic E-state index is 1.10. The molecule has 1 aromatic rings. The van der Waals surface area contributed by atoms with Crippen LogP contribution in [-0.2, 0) is 12.8 Å². The smallest absolute Gasteiger partial charge is 0.00344 e. The second kappa shape index (κ2) is 11.7. The summed E-state index contributed by atoms with van der Waals surface area (Å²) in [6, 6.07) is 8.96. The van der Waals surface area contributed by atoms with E-state index in [1.807, 2.05) is 13.8 Å². The third kappa shape index (κ3) is 7.45. The number of hydrogen-bond donors (Lipinski definition) is 0. The van der Waals surface area contributed by atoms with Crippen molar-refractivity contribution < 1.29 is 0 Å². The van der Waals surface area contributed by atoms with E-state index >= 15 is 0 Å². The van der Waals surface area contributed by atoms with Crippen LogP contribution in [0.1, 0.15) is 37.8 Å². The zero-order valence-electron chi connectivity index (χ0n) is 10.3. The van der Waals surface area contributed by atoms with Gasteiger partial charge in [-0.25, -0.2) is 0 Å². The van der Waals surface area contributed by atoms with E-state index in [4.69, 9.17) is 0 Å². The van der Waals surface area contributed by atoms with Crippen LogP contribution in [-0.4, -0.2) is 10.7 Å². The monoisotopic (exact) mass is 348 g/mol. The minimum atomic E-state index is 1.10. The van der Waals surface area contributed by atoms with Crippen LogP contribution in [0.3, 0.4) is 0 Å². The van der Waals surface area contributed by atoms with Crippen LogP contribution >= 0.6 is 31.9 Å². The highest BCUT2D eigenvalue weighted by Crippen LogP contribution is 2.10. The van der Waals surface area contributed by atoms with Gasteiger partial charge in [0.2, 0.25) is 0 Å². The number of aryl methyl sites for hydroxylation is 2. The molecule has 0 saturated carbocycles. The van der Waals surface area contributed by atoms with Crippen molar-refractivity contribution in [1.29, 1.82) is 0 Å². The molecular weight excluding hydrogens is 328 g/mol. The minimum Gasteiger partial charge on any atom is -0.0928 e. The summed E-state index contributed by atoms with van der Waals surface area (Å²) in [4.78, 5) is 0. The third-order valence-electron chi connectivity index (χ3n) is 2.19. The first-order valence-corrected chi connectivity index (χ1v) is 8.31. The highest BCUT2D eigenvalue weighted by atomic mass is 79.9. The summed E-state index contributed by atoms with van der Waals surface area (Å²) in [5.74, 6) is 0. The van der Waals surface area contributed by atoms with E-state index in [1.54, 1.807) is 0 Å². The molecule has 0 amide bonds. The number of rotatable bonds is 6. The molecule has 16 heavy (non-hydrogen) atoms. The zero-order valence-corrected chi connectivity index (χ0v) is 13.5. The van der Waals surface area contributed by atoms with Gasteiger partial charge in [-0.3, -0.25) is 0 Å². The molecule has 0 aliphatic rings. The third-order valence-corrected chi connectivity index (χ3v) is 3.31. The molecule has 0 fully saturated rings. The van der Waals surface area contributed by atoms with Crippen LogP contribution in [0.4, 0.5) is 0 Å². The van der Waals surface area contributed by atoms with Gasteiger partial charge in [0.15, 0.2) is 0 Å². The van der Waals surface area contributed by atoms with Gasteiger partial charge >= 0.3 is 0 Å². The average Bonchev–Trinajstić information content (AvgIpc) is 2.37. The number of halogens is 2. The molecule has 0 radical (unpaired) electrons. The van der Waals surface area contributed by atoms with Crippen molar-refractivity contribution in [1.82, 2.24) is 0 Å². The van der Waals surface area contributed by atoms with E-state index in [9.17, 15) is 0 Å². The van der Waals surface area contributed by atoms with E-state index in [2.05, 4.69) is 56.1 Å². The second-order valence-electron chi connectivity index (χ2n) is 3.41. The van der Waals surface area contributed by atoms with Gasteiger partial charge in [0, 0.05) is 10.7 Å². The van der Waals surface area contributed by atoms with Crippen molar-refractivity contribution in [3.05, 3.63) is 35.4 Å². The van der Waals surface area contributed by atoms with Gasteiger partial charge in [0.25, 0.3) is 0 Å². The Morgan fingerprint density at radius 1 is 0.875 bits per heavy atom. The predicted octanol–water partition coefficient (Wildman–Crippen LogP) is 5.37. The standard InChI is InChI=1S/C12H16Br2.C2H6/c13-8-2-6-11-4-1-5-12(10-11)7-3-9-14;1-2/h1,4-5,10H,2-3,6-9H2;1-2H3. The lowest BCUT2D eigenvalue weighted by molar-refractivity contribution is 0.911. The molecule has 0 aliphatic carbocycles. The summed E-state index contributed by atoms with van der Waals surface area (Å²) in [6.45, 7) is 4.00. The summed E-state index contributed by atoms with van der Waals surface area (Å²) < 4.78 is 0. The predicted molar refractivity (Wildman–Crippen MR) is 82.0 cm³/mol. The summed E-state index contributed by atoms with van der Waals surface area (Å²) in [6.07, 6.45) is 4.82. The summed E-state index contributed by atoms with van der Waals surface area (Å²) in [5.41, 5.74) is 2.94. The fourth-order valence-corrected chi connectivity index (χ4v) is 2.04. The molecule has 0 saturated heterocycles. The topological polar surface area (TPSA) is 0 Å². The molecule has 92 valence electrons. The average molecular weight is 350 g/mol. The molecule has 0 unspecified atom stereocenters. The molecule has 0 aromatic heterocycles. The van der Waals surface area contributed by atoms with Gasteiger partial charge < -0.3 is 0 Å². The quantitative estimate of drug-likeness (QED) is 0.606. The fourth-order valence-electron chi connectivity index (χ4n) is 1.48. The second-order valence-corrected chi connectivity index (χ2v) is 4.99. The number of hydrogen-bond acceptors (Lipinski definition) is 0. The van der Waals surface area contributed by atoms with Crippen LogP contribution in [0, 0.1) is 0 Å². The molecule has 0 N–H and O–H groups in total. The largest absolute Gasteiger partial charge is 0.0928 e. The van der Waals surface area contributed by atoms with Crippen LogP contribution in [0.5, 0.6) is 0 Å². The van der Waals surface area contributed by atoms with Crippen molar-refractivity contribution >= 4 is 31.9 Å². The maximum absolute atomic E-state index is 3.46. The Labute approximate surface area is 117 Å². The van der Waals surface area contributed by atoms with Crippen molar-refractivity contribution in [3.8, 4) is 0 Å². The summed E-state index contributed by atoms with van der Waals surface area (Å²) >= 11 is 6.92. The molecule has 0 spiro atoms. The maximum atomic E-state index is 3.46. The van der Waals surface area contributed by atoms with E-state index in [0.29, 0.717) is 0 Å². The first-order valence-electron chi connectivity index (χ1n) is 6.06. The Kier molecular flexibility index (Phi) is 11.8. The summed E-state index contributed by atoms with van der Waals surface area (Å²) in [7, 11) is 0. The Morgan fingerprint density at radius 3 is 1.69 bits per heavy atom. The molecule has 2 heteroatoms. The van der Waals surface area contributed by atoms with Gasteiger partial charge in [0.1, 0.15) is 0 Å². The van der Waals surface area contributed by atoms with Gasteiger partial charge in [-0.2, -0.15) is 0 Å². The SMILES string of the molecule is BrCCCc1cccc(CCCBr)c1.CC. The number of benzene rings is 1. The van der Waals surface area contributed by atoms with Gasteiger partial charge in [0.05, 0.1) is 0 Å². The van der Waals surface area contributed by atoms with Crippen LogP contribution in [0.25, 0.3) is 0 Å². The highest BCUT2D eigenvalue weighted by molar-refractivity contribution is 9.09. The molecule has 0 bridgehead atoms. The van der Waals surface area contributed by atoms with Crippen molar-refractivity contribution in [2.24, 2.45) is 0 Å². The van der Waals surface area contributed by atoms with E-state index in [1.165, 1.54) is 36.8 Å². The molecule has 0 atom stereocenters. The van der Waals surface area contributed by atoms with Crippen LogP contribution < -0.4 is 0 Å². The maximum Gasteiger partial charge on any atom is 0.00344 e.